The standard InChI is InChI=1S/C14H23N3O/c1-18-13-6-7-17(8-13)10-14(9-15,11-2-3-11)16-12-4-5-12/h11-13,16H,2-8,10H2,1H3. The van der Waals surface area contributed by atoms with Crippen molar-refractivity contribution in [1.29, 1.82) is 5.26 Å². The fraction of sp³-hybridized carbons (Fsp3) is 0.929. The lowest BCUT2D eigenvalue weighted by atomic mass is 9.94. The second-order valence-electron chi connectivity index (χ2n) is 6.16. The Kier molecular flexibility index (Phi) is 3.31. The smallest absolute Gasteiger partial charge is 0.122 e. The summed E-state index contributed by atoms with van der Waals surface area (Å²) in [5.74, 6) is 0.574. The number of hydrogen-bond donors (Lipinski definition) is 1. The minimum absolute atomic E-state index is 0.288. The number of nitriles is 1. The first-order valence-electron chi connectivity index (χ1n) is 7.20. The third kappa shape index (κ3) is 2.54. The highest BCUT2D eigenvalue weighted by Crippen LogP contribution is 2.42. The van der Waals surface area contributed by atoms with Crippen molar-refractivity contribution in [3.63, 3.8) is 0 Å². The molecule has 100 valence electrons. The van der Waals surface area contributed by atoms with E-state index in [9.17, 15) is 5.26 Å². The summed E-state index contributed by atoms with van der Waals surface area (Å²) in [6, 6.07) is 3.22. The zero-order valence-electron chi connectivity index (χ0n) is 11.2. The number of likely N-dealkylation sites (tertiary alicyclic amines) is 1. The zero-order chi connectivity index (χ0) is 12.6. The van der Waals surface area contributed by atoms with Crippen LogP contribution in [0, 0.1) is 17.2 Å². The van der Waals surface area contributed by atoms with Crippen LogP contribution in [-0.2, 0) is 4.74 Å². The summed E-state index contributed by atoms with van der Waals surface area (Å²) in [4.78, 5) is 2.41. The Hall–Kier alpha value is -0.630. The normalized spacial score (nSPS) is 32.1. The molecule has 1 N–H and O–H groups in total. The molecule has 1 aliphatic heterocycles. The lowest BCUT2D eigenvalue weighted by Gasteiger charge is -2.32. The van der Waals surface area contributed by atoms with E-state index in [1.807, 2.05) is 0 Å². The second kappa shape index (κ2) is 4.80. The molecule has 3 fully saturated rings. The number of rotatable bonds is 6. The van der Waals surface area contributed by atoms with Gasteiger partial charge in [-0.1, -0.05) is 0 Å². The molecule has 2 aliphatic carbocycles. The van der Waals surface area contributed by atoms with E-state index >= 15 is 0 Å². The van der Waals surface area contributed by atoms with Gasteiger partial charge in [0.25, 0.3) is 0 Å². The Morgan fingerprint density at radius 1 is 1.33 bits per heavy atom. The van der Waals surface area contributed by atoms with Gasteiger partial charge in [0, 0.05) is 32.8 Å². The van der Waals surface area contributed by atoms with Crippen molar-refractivity contribution in [2.24, 2.45) is 5.92 Å². The van der Waals surface area contributed by atoms with Crippen LogP contribution in [0.2, 0.25) is 0 Å². The average Bonchev–Trinajstić information content (AvgIpc) is 3.28. The number of methoxy groups -OCH3 is 1. The van der Waals surface area contributed by atoms with E-state index < -0.39 is 0 Å². The topological polar surface area (TPSA) is 48.3 Å². The van der Waals surface area contributed by atoms with E-state index in [2.05, 4.69) is 16.3 Å². The summed E-state index contributed by atoms with van der Waals surface area (Å²) in [6.45, 7) is 2.94. The minimum Gasteiger partial charge on any atom is -0.380 e. The van der Waals surface area contributed by atoms with E-state index in [0.29, 0.717) is 18.1 Å². The molecular weight excluding hydrogens is 226 g/mol. The third-order valence-corrected chi connectivity index (χ3v) is 4.55. The van der Waals surface area contributed by atoms with Gasteiger partial charge in [0.2, 0.25) is 0 Å². The molecule has 0 aromatic rings. The van der Waals surface area contributed by atoms with Crippen molar-refractivity contribution < 1.29 is 4.74 Å². The number of ether oxygens (including phenoxy) is 1. The van der Waals surface area contributed by atoms with Crippen molar-refractivity contribution in [3.05, 3.63) is 0 Å². The fourth-order valence-corrected chi connectivity index (χ4v) is 3.11. The van der Waals surface area contributed by atoms with Crippen molar-refractivity contribution in [3.8, 4) is 6.07 Å². The van der Waals surface area contributed by atoms with E-state index in [0.717, 1.165) is 26.1 Å². The maximum atomic E-state index is 9.68. The van der Waals surface area contributed by atoms with Crippen molar-refractivity contribution in [1.82, 2.24) is 10.2 Å². The Balaban J connectivity index is 1.64. The van der Waals surface area contributed by atoms with Crippen molar-refractivity contribution >= 4 is 0 Å². The van der Waals surface area contributed by atoms with Gasteiger partial charge in [-0.3, -0.25) is 10.2 Å². The van der Waals surface area contributed by atoms with Crippen LogP contribution in [0.4, 0.5) is 0 Å². The number of nitrogens with one attached hydrogen (secondary N) is 1. The van der Waals surface area contributed by atoms with Crippen LogP contribution in [-0.4, -0.2) is 49.3 Å². The highest BCUT2D eigenvalue weighted by Gasteiger charge is 2.49. The number of hydrogen-bond acceptors (Lipinski definition) is 4. The molecule has 0 amide bonds. The molecule has 2 unspecified atom stereocenters. The Morgan fingerprint density at radius 3 is 2.61 bits per heavy atom. The van der Waals surface area contributed by atoms with Gasteiger partial charge in [0.15, 0.2) is 0 Å². The summed E-state index contributed by atoms with van der Waals surface area (Å²) in [7, 11) is 1.79. The fourth-order valence-electron chi connectivity index (χ4n) is 3.11. The first kappa shape index (κ1) is 12.4. The molecule has 4 heteroatoms. The van der Waals surface area contributed by atoms with Gasteiger partial charge >= 0.3 is 0 Å². The molecule has 0 bridgehead atoms. The first-order chi connectivity index (χ1) is 8.75. The second-order valence-corrected chi connectivity index (χ2v) is 6.16. The quantitative estimate of drug-likeness (QED) is 0.766. The van der Waals surface area contributed by atoms with Gasteiger partial charge in [0.1, 0.15) is 5.54 Å². The summed E-state index contributed by atoms with van der Waals surface area (Å²) < 4.78 is 5.41. The van der Waals surface area contributed by atoms with Gasteiger partial charge in [-0.2, -0.15) is 5.26 Å². The van der Waals surface area contributed by atoms with E-state index in [1.165, 1.54) is 25.7 Å². The monoisotopic (exact) mass is 249 g/mol. The van der Waals surface area contributed by atoms with Gasteiger partial charge in [0.05, 0.1) is 12.2 Å². The molecule has 2 saturated carbocycles. The lowest BCUT2D eigenvalue weighted by Crippen LogP contribution is -2.55. The predicted octanol–water partition coefficient (Wildman–Crippen LogP) is 1.13. The largest absolute Gasteiger partial charge is 0.380 e. The molecule has 0 aromatic carbocycles. The van der Waals surface area contributed by atoms with Crippen LogP contribution in [0.15, 0.2) is 0 Å². The molecule has 3 rings (SSSR count). The van der Waals surface area contributed by atoms with Crippen LogP contribution < -0.4 is 5.32 Å². The maximum absolute atomic E-state index is 9.68. The molecule has 4 nitrogen and oxygen atoms in total. The zero-order valence-corrected chi connectivity index (χ0v) is 11.2. The maximum Gasteiger partial charge on any atom is 0.122 e. The molecule has 2 atom stereocenters. The summed E-state index contributed by atoms with van der Waals surface area (Å²) in [5, 5.41) is 13.3. The molecule has 0 aromatic heterocycles. The Morgan fingerprint density at radius 2 is 2.11 bits per heavy atom. The molecule has 0 radical (unpaired) electrons. The van der Waals surface area contributed by atoms with Crippen LogP contribution >= 0.6 is 0 Å². The summed E-state index contributed by atoms with van der Waals surface area (Å²) in [6.07, 6.45) is 6.39. The highest BCUT2D eigenvalue weighted by atomic mass is 16.5. The van der Waals surface area contributed by atoms with E-state index in [-0.39, 0.29) is 5.54 Å². The lowest BCUT2D eigenvalue weighted by molar-refractivity contribution is 0.103. The van der Waals surface area contributed by atoms with Gasteiger partial charge in [-0.25, -0.2) is 0 Å². The molecule has 3 aliphatic rings. The Bertz CT molecular complexity index is 345. The van der Waals surface area contributed by atoms with Gasteiger partial charge < -0.3 is 4.74 Å². The summed E-state index contributed by atoms with van der Waals surface area (Å²) in [5.41, 5.74) is -0.288. The van der Waals surface area contributed by atoms with Crippen LogP contribution in [0.25, 0.3) is 0 Å². The molecule has 18 heavy (non-hydrogen) atoms. The van der Waals surface area contributed by atoms with Crippen LogP contribution in [0.3, 0.4) is 0 Å². The Labute approximate surface area is 109 Å². The van der Waals surface area contributed by atoms with E-state index in [1.54, 1.807) is 7.11 Å². The van der Waals surface area contributed by atoms with Crippen molar-refractivity contribution in [2.45, 2.75) is 49.8 Å². The number of nitrogens with zero attached hydrogens (tertiary/aromatic N) is 2. The summed E-state index contributed by atoms with van der Waals surface area (Å²) >= 11 is 0. The minimum atomic E-state index is -0.288. The van der Waals surface area contributed by atoms with Crippen LogP contribution in [0.5, 0.6) is 0 Å². The highest BCUT2D eigenvalue weighted by molar-refractivity contribution is 5.18. The molecule has 1 heterocycles. The van der Waals surface area contributed by atoms with Gasteiger partial charge in [-0.15, -0.1) is 0 Å². The molecular formula is C14H23N3O. The predicted molar refractivity (Wildman–Crippen MR) is 69.1 cm³/mol. The average molecular weight is 249 g/mol. The van der Waals surface area contributed by atoms with Gasteiger partial charge in [-0.05, 0) is 38.0 Å². The SMILES string of the molecule is COC1CCN(CC(C#N)(NC2CC2)C2CC2)C1. The van der Waals surface area contributed by atoms with Crippen LogP contribution in [0.1, 0.15) is 32.1 Å². The van der Waals surface area contributed by atoms with Crippen molar-refractivity contribution in [2.75, 3.05) is 26.7 Å². The molecule has 0 spiro atoms. The van der Waals surface area contributed by atoms with E-state index in [4.69, 9.17) is 4.74 Å². The first-order valence-corrected chi connectivity index (χ1v) is 7.20. The third-order valence-electron chi connectivity index (χ3n) is 4.55. The molecule has 1 saturated heterocycles.